The summed E-state index contributed by atoms with van der Waals surface area (Å²) in [4.78, 5) is 13.4. The van der Waals surface area contributed by atoms with Crippen molar-refractivity contribution in [1.82, 2.24) is 19.5 Å². The maximum absolute atomic E-state index is 4.58. The maximum atomic E-state index is 4.58. The summed E-state index contributed by atoms with van der Waals surface area (Å²) in [6.45, 7) is 7.42. The highest BCUT2D eigenvalue weighted by Gasteiger charge is 2.13. The molecule has 4 nitrogen and oxygen atoms in total. The predicted molar refractivity (Wildman–Crippen MR) is 72.4 cm³/mol. The normalized spacial score (nSPS) is 11.8. The van der Waals surface area contributed by atoms with Crippen LogP contribution in [0.4, 0.5) is 0 Å². The van der Waals surface area contributed by atoms with Crippen LogP contribution in [0.25, 0.3) is 22.1 Å². The molecular formula is C14H16N4. The molecule has 18 heavy (non-hydrogen) atoms. The first-order valence-electron chi connectivity index (χ1n) is 6.23. The van der Waals surface area contributed by atoms with Crippen LogP contribution >= 0.6 is 0 Å². The Balaban J connectivity index is 2.39. The Morgan fingerprint density at radius 1 is 1.22 bits per heavy atom. The number of aryl methyl sites for hydroxylation is 1. The molecule has 0 fully saturated rings. The van der Waals surface area contributed by atoms with E-state index in [1.165, 1.54) is 0 Å². The van der Waals surface area contributed by atoms with E-state index >= 15 is 0 Å². The van der Waals surface area contributed by atoms with Gasteiger partial charge in [-0.1, -0.05) is 13.8 Å². The Kier molecular flexibility index (Phi) is 2.51. The summed E-state index contributed by atoms with van der Waals surface area (Å²) in [7, 11) is 0. The number of nitrogens with zero attached hydrogens (tertiary/aromatic N) is 4. The van der Waals surface area contributed by atoms with Crippen molar-refractivity contribution in [3.63, 3.8) is 0 Å². The van der Waals surface area contributed by atoms with E-state index in [2.05, 4.69) is 33.4 Å². The van der Waals surface area contributed by atoms with Crippen LogP contribution in [0, 0.1) is 12.8 Å². The lowest BCUT2D eigenvalue weighted by Gasteiger charge is -2.10. The summed E-state index contributed by atoms with van der Waals surface area (Å²) in [6.07, 6.45) is 3.65. The van der Waals surface area contributed by atoms with Crippen molar-refractivity contribution in [3.8, 4) is 0 Å². The van der Waals surface area contributed by atoms with Crippen molar-refractivity contribution in [2.45, 2.75) is 27.3 Å². The minimum Gasteiger partial charge on any atom is -0.326 e. The van der Waals surface area contributed by atoms with Crippen LogP contribution in [-0.2, 0) is 6.54 Å². The molecule has 0 aliphatic rings. The second-order valence-corrected chi connectivity index (χ2v) is 5.03. The van der Waals surface area contributed by atoms with E-state index in [1.807, 2.05) is 31.5 Å². The molecule has 4 heteroatoms. The fraction of sp³-hybridized carbons (Fsp3) is 0.357. The Morgan fingerprint density at radius 3 is 2.83 bits per heavy atom. The quantitative estimate of drug-likeness (QED) is 0.691. The third-order valence-electron chi connectivity index (χ3n) is 3.07. The lowest BCUT2D eigenvalue weighted by molar-refractivity contribution is 0.524. The first-order chi connectivity index (χ1) is 8.66. The zero-order valence-electron chi connectivity index (χ0n) is 10.9. The molecule has 0 N–H and O–H groups in total. The first kappa shape index (κ1) is 11.1. The molecule has 0 aromatic carbocycles. The van der Waals surface area contributed by atoms with Gasteiger partial charge in [0.2, 0.25) is 0 Å². The molecule has 0 unspecified atom stereocenters. The van der Waals surface area contributed by atoms with Crippen molar-refractivity contribution in [3.05, 3.63) is 30.4 Å². The van der Waals surface area contributed by atoms with E-state index < -0.39 is 0 Å². The summed E-state index contributed by atoms with van der Waals surface area (Å²) < 4.78 is 2.25. The van der Waals surface area contributed by atoms with Gasteiger partial charge in [0.05, 0.1) is 17.2 Å². The minimum absolute atomic E-state index is 0.577. The van der Waals surface area contributed by atoms with Gasteiger partial charge in [-0.05, 0) is 25.0 Å². The average molecular weight is 240 g/mol. The van der Waals surface area contributed by atoms with Crippen LogP contribution in [0.1, 0.15) is 19.7 Å². The highest BCUT2D eigenvalue weighted by atomic mass is 15.1. The highest BCUT2D eigenvalue weighted by Crippen LogP contribution is 2.23. The number of aromatic nitrogens is 4. The number of pyridine rings is 2. The fourth-order valence-electron chi connectivity index (χ4n) is 2.33. The molecule has 0 bridgehead atoms. The topological polar surface area (TPSA) is 43.6 Å². The first-order valence-corrected chi connectivity index (χ1v) is 6.23. The molecule has 0 atom stereocenters. The lowest BCUT2D eigenvalue weighted by Crippen LogP contribution is -2.06. The van der Waals surface area contributed by atoms with Gasteiger partial charge in [-0.2, -0.15) is 0 Å². The van der Waals surface area contributed by atoms with Crippen molar-refractivity contribution in [2.24, 2.45) is 5.92 Å². The van der Waals surface area contributed by atoms with Gasteiger partial charge in [0.25, 0.3) is 0 Å². The monoisotopic (exact) mass is 240 g/mol. The number of rotatable bonds is 2. The van der Waals surface area contributed by atoms with Crippen molar-refractivity contribution >= 4 is 22.1 Å². The van der Waals surface area contributed by atoms with Crippen LogP contribution < -0.4 is 0 Å². The van der Waals surface area contributed by atoms with Crippen LogP contribution in [-0.4, -0.2) is 19.5 Å². The second-order valence-electron chi connectivity index (χ2n) is 5.03. The van der Waals surface area contributed by atoms with E-state index in [0.717, 1.165) is 34.4 Å². The van der Waals surface area contributed by atoms with E-state index in [-0.39, 0.29) is 0 Å². The lowest BCUT2D eigenvalue weighted by atomic mass is 10.2. The number of hydrogen-bond acceptors (Lipinski definition) is 3. The van der Waals surface area contributed by atoms with E-state index in [0.29, 0.717) is 5.92 Å². The molecule has 3 heterocycles. The summed E-state index contributed by atoms with van der Waals surface area (Å²) in [5.41, 5.74) is 3.90. The Labute approximate surface area is 106 Å². The molecule has 0 aliphatic heterocycles. The van der Waals surface area contributed by atoms with Gasteiger partial charge in [0.15, 0.2) is 0 Å². The summed E-state index contributed by atoms with van der Waals surface area (Å²) >= 11 is 0. The van der Waals surface area contributed by atoms with Crippen LogP contribution in [0.15, 0.2) is 24.5 Å². The third kappa shape index (κ3) is 1.65. The maximum Gasteiger partial charge on any atom is 0.115 e. The highest BCUT2D eigenvalue weighted by molar-refractivity contribution is 5.99. The average Bonchev–Trinajstić information content (AvgIpc) is 2.66. The molecule has 3 aromatic heterocycles. The molecular weight excluding hydrogens is 224 g/mol. The van der Waals surface area contributed by atoms with Crippen LogP contribution in [0.5, 0.6) is 0 Å². The second kappa shape index (κ2) is 4.05. The van der Waals surface area contributed by atoms with Crippen LogP contribution in [0.3, 0.4) is 0 Å². The zero-order chi connectivity index (χ0) is 12.7. The fourth-order valence-corrected chi connectivity index (χ4v) is 2.33. The molecule has 92 valence electrons. The van der Waals surface area contributed by atoms with E-state index in [9.17, 15) is 0 Å². The van der Waals surface area contributed by atoms with Crippen LogP contribution in [0.2, 0.25) is 0 Å². The van der Waals surface area contributed by atoms with Crippen molar-refractivity contribution < 1.29 is 0 Å². The smallest absolute Gasteiger partial charge is 0.115 e. The van der Waals surface area contributed by atoms with Gasteiger partial charge in [0.1, 0.15) is 16.9 Å². The van der Waals surface area contributed by atoms with Crippen molar-refractivity contribution in [1.29, 1.82) is 0 Å². The molecule has 0 amide bonds. The minimum atomic E-state index is 0.577. The number of hydrogen-bond donors (Lipinski definition) is 0. The van der Waals surface area contributed by atoms with Crippen molar-refractivity contribution in [2.75, 3.05) is 0 Å². The number of fused-ring (bicyclic) bond motifs is 3. The molecule has 0 aliphatic carbocycles. The summed E-state index contributed by atoms with van der Waals surface area (Å²) in [5, 5.41) is 0. The molecule has 0 saturated carbocycles. The summed E-state index contributed by atoms with van der Waals surface area (Å²) in [5.74, 6) is 1.60. The predicted octanol–water partition coefficient (Wildman–Crippen LogP) is 2.94. The Bertz CT molecular complexity index is 712. The summed E-state index contributed by atoms with van der Waals surface area (Å²) in [6, 6.07) is 3.90. The largest absolute Gasteiger partial charge is 0.326 e. The molecule has 0 spiro atoms. The van der Waals surface area contributed by atoms with Gasteiger partial charge >= 0.3 is 0 Å². The van der Waals surface area contributed by atoms with Gasteiger partial charge in [0, 0.05) is 12.7 Å². The van der Waals surface area contributed by atoms with Gasteiger partial charge < -0.3 is 4.57 Å². The molecule has 0 saturated heterocycles. The number of imidazole rings is 1. The molecule has 3 rings (SSSR count). The van der Waals surface area contributed by atoms with Gasteiger partial charge in [-0.15, -0.1) is 0 Å². The Hall–Kier alpha value is -1.97. The SMILES string of the molecule is Cc1nc2cnc3cccnc3c2n1CC(C)C. The molecule has 0 radical (unpaired) electrons. The Morgan fingerprint density at radius 2 is 2.06 bits per heavy atom. The zero-order valence-corrected chi connectivity index (χ0v) is 10.9. The van der Waals surface area contributed by atoms with E-state index in [4.69, 9.17) is 0 Å². The third-order valence-corrected chi connectivity index (χ3v) is 3.07. The molecule has 3 aromatic rings. The van der Waals surface area contributed by atoms with Gasteiger partial charge in [-0.3, -0.25) is 9.97 Å². The van der Waals surface area contributed by atoms with E-state index in [1.54, 1.807) is 0 Å². The van der Waals surface area contributed by atoms with Gasteiger partial charge in [-0.25, -0.2) is 4.98 Å². The standard InChI is InChI=1S/C14H16N4/c1-9(2)8-18-10(3)17-12-7-16-11-5-4-6-15-13(11)14(12)18/h4-7,9H,8H2,1-3H3.